The Bertz CT molecular complexity index is 1220. The van der Waals surface area contributed by atoms with Crippen molar-refractivity contribution in [2.75, 3.05) is 44.4 Å². The maximum Gasteiger partial charge on any atom is 0.262 e. The SMILES string of the molecule is CCN(CC)CCN(C(=O)CN1C(=O)c2ccccc2C1=O)c1nc2cc3c(cc2s1)OCO3.Cl. The largest absolute Gasteiger partial charge is 0.454 e. The van der Waals surface area contributed by atoms with Gasteiger partial charge in [0.05, 0.1) is 21.3 Å². The van der Waals surface area contributed by atoms with Crippen LogP contribution in [-0.2, 0) is 4.79 Å². The lowest BCUT2D eigenvalue weighted by Gasteiger charge is -2.26. The lowest BCUT2D eigenvalue weighted by Crippen LogP contribution is -2.45. The molecule has 0 unspecified atom stereocenters. The predicted octanol–water partition coefficient (Wildman–Crippen LogP) is 3.42. The number of hydrogen-bond donors (Lipinski definition) is 0. The monoisotopic (exact) mass is 516 g/mol. The number of imide groups is 1. The molecule has 0 saturated carbocycles. The molecule has 9 nitrogen and oxygen atoms in total. The van der Waals surface area contributed by atoms with Crippen molar-refractivity contribution in [2.24, 2.45) is 0 Å². The second-order valence-electron chi connectivity index (χ2n) is 7.98. The Morgan fingerprint density at radius 2 is 1.66 bits per heavy atom. The van der Waals surface area contributed by atoms with Crippen LogP contribution in [0.15, 0.2) is 36.4 Å². The second-order valence-corrected chi connectivity index (χ2v) is 8.99. The van der Waals surface area contributed by atoms with Crippen LogP contribution in [0.4, 0.5) is 5.13 Å². The summed E-state index contributed by atoms with van der Waals surface area (Å²) in [4.78, 5) is 48.5. The van der Waals surface area contributed by atoms with Crippen molar-refractivity contribution in [3.63, 3.8) is 0 Å². The van der Waals surface area contributed by atoms with E-state index in [9.17, 15) is 14.4 Å². The van der Waals surface area contributed by atoms with Crippen LogP contribution in [0, 0.1) is 0 Å². The zero-order chi connectivity index (χ0) is 23.8. The van der Waals surface area contributed by atoms with Gasteiger partial charge in [-0.15, -0.1) is 12.4 Å². The predicted molar refractivity (Wildman–Crippen MR) is 135 cm³/mol. The van der Waals surface area contributed by atoms with Crippen molar-refractivity contribution in [3.8, 4) is 11.5 Å². The number of aromatic nitrogens is 1. The number of rotatable bonds is 8. The lowest BCUT2D eigenvalue weighted by molar-refractivity contribution is -0.119. The molecule has 2 aliphatic rings. The topological polar surface area (TPSA) is 92.3 Å². The fourth-order valence-electron chi connectivity index (χ4n) is 4.13. The Kier molecular flexibility index (Phi) is 7.25. The highest BCUT2D eigenvalue weighted by Gasteiger charge is 2.37. The molecule has 5 rings (SSSR count). The molecule has 11 heteroatoms. The second kappa shape index (κ2) is 10.2. The van der Waals surface area contributed by atoms with Gasteiger partial charge in [0, 0.05) is 25.2 Å². The summed E-state index contributed by atoms with van der Waals surface area (Å²) in [5.74, 6) is 0.00669. The minimum absolute atomic E-state index is 0. The summed E-state index contributed by atoms with van der Waals surface area (Å²) in [6.07, 6.45) is 0. The van der Waals surface area contributed by atoms with Crippen molar-refractivity contribution in [3.05, 3.63) is 47.5 Å². The molecule has 0 spiro atoms. The number of hydrogen-bond acceptors (Lipinski definition) is 8. The van der Waals surface area contributed by atoms with Gasteiger partial charge in [0.1, 0.15) is 6.54 Å². The number of ether oxygens (including phenoxy) is 2. The van der Waals surface area contributed by atoms with Gasteiger partial charge in [0.2, 0.25) is 12.7 Å². The number of carbonyl (C=O) groups is 3. The van der Waals surface area contributed by atoms with Crippen LogP contribution in [0.1, 0.15) is 34.6 Å². The Balaban J connectivity index is 0.00000289. The highest BCUT2D eigenvalue weighted by molar-refractivity contribution is 7.22. The van der Waals surface area contributed by atoms with Crippen LogP contribution in [0.2, 0.25) is 0 Å². The average Bonchev–Trinajstić information content (AvgIpc) is 3.53. The third-order valence-electron chi connectivity index (χ3n) is 6.11. The van der Waals surface area contributed by atoms with Gasteiger partial charge >= 0.3 is 0 Å². The van der Waals surface area contributed by atoms with Crippen LogP contribution in [0.5, 0.6) is 11.5 Å². The third kappa shape index (κ3) is 4.56. The first-order valence-electron chi connectivity index (χ1n) is 11.2. The maximum atomic E-state index is 13.5. The van der Waals surface area contributed by atoms with Crippen molar-refractivity contribution >= 4 is 56.8 Å². The lowest BCUT2D eigenvalue weighted by atomic mass is 10.1. The van der Waals surface area contributed by atoms with Crippen LogP contribution in [0.3, 0.4) is 0 Å². The van der Waals surface area contributed by atoms with E-state index in [1.165, 1.54) is 11.3 Å². The van der Waals surface area contributed by atoms with Crippen molar-refractivity contribution in [1.29, 1.82) is 0 Å². The Morgan fingerprint density at radius 3 is 2.29 bits per heavy atom. The van der Waals surface area contributed by atoms with Gasteiger partial charge in [-0.3, -0.25) is 24.2 Å². The summed E-state index contributed by atoms with van der Waals surface area (Å²) in [6.45, 7) is 6.67. The van der Waals surface area contributed by atoms with Gasteiger partial charge in [-0.25, -0.2) is 4.98 Å². The fourth-order valence-corrected chi connectivity index (χ4v) is 5.15. The van der Waals surface area contributed by atoms with E-state index < -0.39 is 11.8 Å². The molecule has 2 aromatic carbocycles. The van der Waals surface area contributed by atoms with Crippen LogP contribution < -0.4 is 14.4 Å². The zero-order valence-electron chi connectivity index (χ0n) is 19.4. The van der Waals surface area contributed by atoms with Crippen molar-refractivity contribution in [2.45, 2.75) is 13.8 Å². The quantitative estimate of drug-likeness (QED) is 0.423. The number of fused-ring (bicyclic) bond motifs is 3. The zero-order valence-corrected chi connectivity index (χ0v) is 21.0. The molecule has 35 heavy (non-hydrogen) atoms. The summed E-state index contributed by atoms with van der Waals surface area (Å²) in [6, 6.07) is 10.3. The Morgan fingerprint density at radius 1 is 1.03 bits per heavy atom. The van der Waals surface area contributed by atoms with Crippen molar-refractivity contribution in [1.82, 2.24) is 14.8 Å². The van der Waals surface area contributed by atoms with E-state index in [1.54, 1.807) is 35.2 Å². The first-order chi connectivity index (χ1) is 16.5. The van der Waals surface area contributed by atoms with Crippen LogP contribution in [-0.4, -0.2) is 72.0 Å². The minimum Gasteiger partial charge on any atom is -0.454 e. The maximum absolute atomic E-state index is 13.5. The smallest absolute Gasteiger partial charge is 0.262 e. The molecule has 2 aliphatic heterocycles. The summed E-state index contributed by atoms with van der Waals surface area (Å²) in [7, 11) is 0. The number of anilines is 1. The fraction of sp³-hybridized carbons (Fsp3) is 0.333. The summed E-state index contributed by atoms with van der Waals surface area (Å²) >= 11 is 1.36. The van der Waals surface area contributed by atoms with Gasteiger partial charge in [-0.05, 0) is 25.2 Å². The number of nitrogens with zero attached hydrogens (tertiary/aromatic N) is 4. The molecule has 3 amide bonds. The van der Waals surface area contributed by atoms with Gasteiger partial charge in [-0.1, -0.05) is 37.3 Å². The summed E-state index contributed by atoms with van der Waals surface area (Å²) in [5.41, 5.74) is 1.35. The molecule has 3 aromatic rings. The number of amides is 3. The van der Waals surface area contributed by atoms with Crippen LogP contribution >= 0.6 is 23.7 Å². The molecule has 3 heterocycles. The molecular formula is C24H25ClN4O5S. The molecule has 0 aliphatic carbocycles. The van der Waals surface area contributed by atoms with Crippen LogP contribution in [0.25, 0.3) is 10.2 Å². The van der Waals surface area contributed by atoms with Gasteiger partial charge in [-0.2, -0.15) is 0 Å². The third-order valence-corrected chi connectivity index (χ3v) is 7.15. The molecule has 0 atom stereocenters. The van der Waals surface area contributed by atoms with E-state index in [1.807, 2.05) is 6.07 Å². The van der Waals surface area contributed by atoms with Gasteiger partial charge < -0.3 is 14.4 Å². The highest BCUT2D eigenvalue weighted by Crippen LogP contribution is 2.40. The molecule has 0 saturated heterocycles. The number of likely N-dealkylation sites (N-methyl/N-ethyl adjacent to an activating group) is 1. The van der Waals surface area contributed by atoms with E-state index in [0.29, 0.717) is 46.4 Å². The first kappa shape index (κ1) is 24.9. The Hall–Kier alpha value is -3.21. The number of carbonyl (C=O) groups excluding carboxylic acids is 3. The minimum atomic E-state index is -0.451. The Labute approximate surface area is 212 Å². The molecule has 0 radical (unpaired) electrons. The highest BCUT2D eigenvalue weighted by atomic mass is 35.5. The molecular weight excluding hydrogens is 492 g/mol. The molecule has 0 fully saturated rings. The number of benzene rings is 2. The molecule has 0 bridgehead atoms. The summed E-state index contributed by atoms with van der Waals surface area (Å²) in [5, 5.41) is 0.507. The molecule has 0 N–H and O–H groups in total. The van der Waals surface area contributed by atoms with Gasteiger partial charge in [0.25, 0.3) is 11.8 Å². The number of thiazole rings is 1. The van der Waals surface area contributed by atoms with E-state index >= 15 is 0 Å². The number of halogens is 1. The molecule has 184 valence electrons. The van der Waals surface area contributed by atoms with E-state index in [2.05, 4.69) is 23.7 Å². The summed E-state index contributed by atoms with van der Waals surface area (Å²) < 4.78 is 11.8. The van der Waals surface area contributed by atoms with E-state index in [0.717, 1.165) is 22.7 Å². The van der Waals surface area contributed by atoms with Crippen molar-refractivity contribution < 1.29 is 23.9 Å². The first-order valence-corrected chi connectivity index (χ1v) is 12.0. The van der Waals surface area contributed by atoms with E-state index in [-0.39, 0.29) is 31.7 Å². The van der Waals surface area contributed by atoms with E-state index in [4.69, 9.17) is 9.47 Å². The molecule has 1 aromatic heterocycles. The standard InChI is InChI=1S/C24H24N4O5S.ClH/c1-3-26(4-2)9-10-27(24-25-17-11-18-19(33-14-32-18)12-20(17)34-24)21(29)13-28-22(30)15-7-5-6-8-16(15)23(28)31;/h5-8,11-12H,3-4,9-10,13-14H2,1-2H3;1H. The average molecular weight is 517 g/mol. The normalized spacial score (nSPS) is 14.0. The van der Waals surface area contributed by atoms with Gasteiger partial charge in [0.15, 0.2) is 16.6 Å².